The van der Waals surface area contributed by atoms with Crippen molar-refractivity contribution in [3.63, 3.8) is 0 Å². The van der Waals surface area contributed by atoms with Crippen LogP contribution in [0.1, 0.15) is 19.4 Å². The zero-order chi connectivity index (χ0) is 11.9. The first kappa shape index (κ1) is 11.0. The SMILES string of the molecule is CC1(C)OC(=O)C(c2cccc(Cl)c2)=C1O. The average Bonchev–Trinajstić information content (AvgIpc) is 2.36. The summed E-state index contributed by atoms with van der Waals surface area (Å²) in [7, 11) is 0. The Labute approximate surface area is 98.3 Å². The van der Waals surface area contributed by atoms with E-state index >= 15 is 0 Å². The van der Waals surface area contributed by atoms with Gasteiger partial charge in [-0.3, -0.25) is 0 Å². The van der Waals surface area contributed by atoms with E-state index < -0.39 is 11.6 Å². The Balaban J connectivity index is 2.56. The average molecular weight is 239 g/mol. The number of esters is 1. The van der Waals surface area contributed by atoms with Crippen molar-refractivity contribution < 1.29 is 14.6 Å². The molecular weight excluding hydrogens is 228 g/mol. The van der Waals surface area contributed by atoms with Crippen LogP contribution in [0.5, 0.6) is 0 Å². The van der Waals surface area contributed by atoms with E-state index in [1.807, 2.05) is 0 Å². The number of hydrogen-bond acceptors (Lipinski definition) is 3. The third kappa shape index (κ3) is 1.67. The lowest BCUT2D eigenvalue weighted by Gasteiger charge is -2.16. The number of carbonyl (C=O) groups is 1. The molecule has 0 unspecified atom stereocenters. The van der Waals surface area contributed by atoms with Crippen molar-refractivity contribution >= 4 is 23.1 Å². The molecule has 1 aliphatic heterocycles. The van der Waals surface area contributed by atoms with Gasteiger partial charge in [-0.1, -0.05) is 23.7 Å². The van der Waals surface area contributed by atoms with Gasteiger partial charge in [-0.05, 0) is 31.5 Å². The van der Waals surface area contributed by atoms with Crippen molar-refractivity contribution in [1.82, 2.24) is 0 Å². The Hall–Kier alpha value is -1.48. The number of carbonyl (C=O) groups excluding carboxylic acids is 1. The molecule has 1 aliphatic rings. The minimum Gasteiger partial charge on any atom is -0.507 e. The monoisotopic (exact) mass is 238 g/mol. The summed E-state index contributed by atoms with van der Waals surface area (Å²) >= 11 is 5.83. The maximum absolute atomic E-state index is 11.6. The highest BCUT2D eigenvalue weighted by atomic mass is 35.5. The predicted molar refractivity (Wildman–Crippen MR) is 61.2 cm³/mol. The molecule has 0 aliphatic carbocycles. The first-order valence-corrected chi connectivity index (χ1v) is 5.22. The number of aliphatic hydroxyl groups is 1. The molecule has 0 saturated heterocycles. The smallest absolute Gasteiger partial charge is 0.343 e. The Bertz CT molecular complexity index is 489. The van der Waals surface area contributed by atoms with Gasteiger partial charge in [-0.25, -0.2) is 4.79 Å². The number of halogens is 1. The van der Waals surface area contributed by atoms with Gasteiger partial charge in [0.15, 0.2) is 11.4 Å². The molecule has 0 fully saturated rings. The van der Waals surface area contributed by atoms with E-state index in [2.05, 4.69) is 0 Å². The van der Waals surface area contributed by atoms with Gasteiger partial charge < -0.3 is 9.84 Å². The van der Waals surface area contributed by atoms with Crippen LogP contribution in [0.4, 0.5) is 0 Å². The van der Waals surface area contributed by atoms with Crippen LogP contribution in [0, 0.1) is 0 Å². The summed E-state index contributed by atoms with van der Waals surface area (Å²) in [5.74, 6) is -0.579. The zero-order valence-electron chi connectivity index (χ0n) is 8.95. The third-order valence-electron chi connectivity index (χ3n) is 2.47. The molecule has 0 bridgehead atoms. The molecule has 4 heteroatoms. The Morgan fingerprint density at radius 1 is 1.38 bits per heavy atom. The van der Waals surface area contributed by atoms with E-state index in [0.717, 1.165) is 0 Å². The van der Waals surface area contributed by atoms with Gasteiger partial charge in [0.2, 0.25) is 0 Å². The number of cyclic esters (lactones) is 1. The molecule has 1 aromatic carbocycles. The minimum absolute atomic E-state index is 0.0558. The highest BCUT2D eigenvalue weighted by Gasteiger charge is 2.41. The van der Waals surface area contributed by atoms with E-state index in [-0.39, 0.29) is 11.3 Å². The van der Waals surface area contributed by atoms with Crippen LogP contribution in [0.15, 0.2) is 30.0 Å². The maximum Gasteiger partial charge on any atom is 0.343 e. The van der Waals surface area contributed by atoms with Gasteiger partial charge >= 0.3 is 5.97 Å². The second kappa shape index (κ2) is 3.52. The predicted octanol–water partition coefficient (Wildman–Crippen LogP) is 2.94. The van der Waals surface area contributed by atoms with Crippen LogP contribution < -0.4 is 0 Å². The van der Waals surface area contributed by atoms with E-state index in [1.54, 1.807) is 38.1 Å². The number of hydrogen-bond donors (Lipinski definition) is 1. The zero-order valence-corrected chi connectivity index (χ0v) is 9.71. The summed E-state index contributed by atoms with van der Waals surface area (Å²) in [5, 5.41) is 10.4. The second-order valence-electron chi connectivity index (χ2n) is 4.13. The molecular formula is C12H11ClO3. The van der Waals surface area contributed by atoms with E-state index in [1.165, 1.54) is 0 Å². The quantitative estimate of drug-likeness (QED) is 0.766. The first-order chi connectivity index (χ1) is 7.42. The largest absolute Gasteiger partial charge is 0.507 e. The Kier molecular flexibility index (Phi) is 2.43. The highest BCUT2D eigenvalue weighted by molar-refractivity contribution is 6.31. The number of aliphatic hydroxyl groups excluding tert-OH is 1. The Morgan fingerprint density at radius 2 is 2.06 bits per heavy atom. The minimum atomic E-state index is -0.964. The van der Waals surface area contributed by atoms with Gasteiger partial charge in [0.05, 0.1) is 0 Å². The second-order valence-corrected chi connectivity index (χ2v) is 4.57. The fourth-order valence-corrected chi connectivity index (χ4v) is 1.82. The Morgan fingerprint density at radius 3 is 2.56 bits per heavy atom. The molecule has 1 N–H and O–H groups in total. The van der Waals surface area contributed by atoms with Crippen LogP contribution in [0.2, 0.25) is 5.02 Å². The molecule has 16 heavy (non-hydrogen) atoms. The lowest BCUT2D eigenvalue weighted by Crippen LogP contribution is -2.22. The molecule has 3 nitrogen and oxygen atoms in total. The van der Waals surface area contributed by atoms with Crippen LogP contribution in [-0.4, -0.2) is 16.7 Å². The number of benzene rings is 1. The van der Waals surface area contributed by atoms with Crippen molar-refractivity contribution in [2.75, 3.05) is 0 Å². The fourth-order valence-electron chi connectivity index (χ4n) is 1.63. The van der Waals surface area contributed by atoms with Crippen LogP contribution in [-0.2, 0) is 9.53 Å². The summed E-state index contributed by atoms with van der Waals surface area (Å²) < 4.78 is 5.06. The van der Waals surface area contributed by atoms with E-state index in [9.17, 15) is 9.90 Å². The van der Waals surface area contributed by atoms with Gasteiger partial charge in [0.25, 0.3) is 0 Å². The van der Waals surface area contributed by atoms with Crippen molar-refractivity contribution in [3.8, 4) is 0 Å². The first-order valence-electron chi connectivity index (χ1n) is 4.85. The molecule has 0 amide bonds. The van der Waals surface area contributed by atoms with Gasteiger partial charge in [0.1, 0.15) is 5.57 Å². The normalized spacial score (nSPS) is 18.8. The van der Waals surface area contributed by atoms with Crippen LogP contribution in [0.3, 0.4) is 0 Å². The van der Waals surface area contributed by atoms with Crippen LogP contribution >= 0.6 is 11.6 Å². The van der Waals surface area contributed by atoms with Gasteiger partial charge in [0, 0.05) is 5.02 Å². The van der Waals surface area contributed by atoms with Crippen molar-refractivity contribution in [1.29, 1.82) is 0 Å². The molecule has 0 spiro atoms. The number of ether oxygens (including phenoxy) is 1. The molecule has 1 aromatic rings. The van der Waals surface area contributed by atoms with Crippen molar-refractivity contribution in [2.24, 2.45) is 0 Å². The summed E-state index contributed by atoms with van der Waals surface area (Å²) in [4.78, 5) is 11.6. The van der Waals surface area contributed by atoms with Crippen molar-refractivity contribution in [2.45, 2.75) is 19.4 Å². The third-order valence-corrected chi connectivity index (χ3v) is 2.71. The molecule has 84 valence electrons. The summed E-state index contributed by atoms with van der Waals surface area (Å²) in [6.45, 7) is 3.27. The van der Waals surface area contributed by atoms with E-state index in [0.29, 0.717) is 10.6 Å². The fraction of sp³-hybridized carbons (Fsp3) is 0.250. The molecule has 1 heterocycles. The molecule has 2 rings (SSSR count). The lowest BCUT2D eigenvalue weighted by molar-refractivity contribution is -0.143. The lowest BCUT2D eigenvalue weighted by atomic mass is 10.0. The summed E-state index contributed by atoms with van der Waals surface area (Å²) in [6.07, 6.45) is 0. The summed E-state index contributed by atoms with van der Waals surface area (Å²) in [5.41, 5.74) is -0.206. The topological polar surface area (TPSA) is 46.5 Å². The van der Waals surface area contributed by atoms with Crippen molar-refractivity contribution in [3.05, 3.63) is 40.6 Å². The highest BCUT2D eigenvalue weighted by Crippen LogP contribution is 2.36. The number of rotatable bonds is 1. The molecule has 0 saturated carbocycles. The summed E-state index contributed by atoms with van der Waals surface area (Å²) in [6, 6.07) is 6.75. The van der Waals surface area contributed by atoms with E-state index in [4.69, 9.17) is 16.3 Å². The van der Waals surface area contributed by atoms with Crippen LogP contribution in [0.25, 0.3) is 5.57 Å². The molecule has 0 radical (unpaired) electrons. The van der Waals surface area contributed by atoms with Gasteiger partial charge in [-0.15, -0.1) is 0 Å². The molecule has 0 aromatic heterocycles. The standard InChI is InChI=1S/C12H11ClO3/c1-12(2)10(14)9(11(15)16-12)7-4-3-5-8(13)6-7/h3-6,14H,1-2H3. The maximum atomic E-state index is 11.6. The molecule has 0 atom stereocenters. The van der Waals surface area contributed by atoms with Gasteiger partial charge in [-0.2, -0.15) is 0 Å².